The minimum atomic E-state index is 0.559. The lowest BCUT2D eigenvalue weighted by Gasteiger charge is -1.99. The van der Waals surface area contributed by atoms with Crippen molar-refractivity contribution in [3.05, 3.63) is 58.2 Å². The van der Waals surface area contributed by atoms with Gasteiger partial charge in [-0.25, -0.2) is 4.98 Å². The number of rotatable bonds is 3. The highest BCUT2D eigenvalue weighted by atomic mass is 35.5. The van der Waals surface area contributed by atoms with Crippen LogP contribution in [0, 0.1) is 0 Å². The largest absolute Gasteiger partial charge is 0.261 e. The van der Waals surface area contributed by atoms with Gasteiger partial charge < -0.3 is 0 Å². The Hall–Kier alpha value is -1.58. The Morgan fingerprint density at radius 3 is 2.76 bits per heavy atom. The van der Waals surface area contributed by atoms with Crippen molar-refractivity contribution in [1.29, 1.82) is 0 Å². The van der Waals surface area contributed by atoms with Crippen LogP contribution in [-0.2, 0) is 0 Å². The van der Waals surface area contributed by atoms with Crippen molar-refractivity contribution in [3.63, 3.8) is 0 Å². The maximum absolute atomic E-state index is 5.99. The highest BCUT2D eigenvalue weighted by Crippen LogP contribution is 2.19. The van der Waals surface area contributed by atoms with Gasteiger partial charge in [0.05, 0.1) is 11.2 Å². The van der Waals surface area contributed by atoms with Crippen molar-refractivity contribution >= 4 is 35.2 Å². The molecule has 0 fully saturated rings. The van der Waals surface area contributed by atoms with Gasteiger partial charge in [0.25, 0.3) is 0 Å². The van der Waals surface area contributed by atoms with Crippen LogP contribution in [0.3, 0.4) is 0 Å². The molecule has 0 spiro atoms. The molecule has 3 nitrogen and oxygen atoms in total. The van der Waals surface area contributed by atoms with E-state index < -0.39 is 0 Å². The third-order valence-corrected chi connectivity index (χ3v) is 2.57. The number of hydrazone groups is 1. The Labute approximate surface area is 109 Å². The normalized spacial score (nSPS) is 10.7. The lowest BCUT2D eigenvalue weighted by molar-refractivity contribution is 1.23. The molecule has 0 radical (unpaired) electrons. The minimum absolute atomic E-state index is 0.559. The Kier molecular flexibility index (Phi) is 3.96. The number of hydrogen-bond donors (Lipinski definition) is 1. The third-order valence-electron chi connectivity index (χ3n) is 2.01. The molecule has 0 atom stereocenters. The monoisotopic (exact) mass is 265 g/mol. The van der Waals surface area contributed by atoms with Gasteiger partial charge in [0, 0.05) is 16.8 Å². The maximum Gasteiger partial charge on any atom is 0.146 e. The second-order valence-electron chi connectivity index (χ2n) is 3.25. The zero-order valence-electron chi connectivity index (χ0n) is 8.77. The zero-order valence-corrected chi connectivity index (χ0v) is 10.3. The number of hydrogen-bond acceptors (Lipinski definition) is 3. The lowest BCUT2D eigenvalue weighted by Crippen LogP contribution is -1.92. The summed E-state index contributed by atoms with van der Waals surface area (Å²) in [4.78, 5) is 4.07. The molecule has 0 amide bonds. The molecule has 0 saturated heterocycles. The highest BCUT2D eigenvalue weighted by molar-refractivity contribution is 6.36. The van der Waals surface area contributed by atoms with Gasteiger partial charge in [0.15, 0.2) is 0 Å². The first-order chi connectivity index (χ1) is 8.25. The second-order valence-corrected chi connectivity index (χ2v) is 4.09. The maximum atomic E-state index is 5.99. The number of nitrogens with zero attached hydrogens (tertiary/aromatic N) is 2. The van der Waals surface area contributed by atoms with Gasteiger partial charge in [-0.2, -0.15) is 5.10 Å². The number of halogens is 2. The molecule has 1 heterocycles. The van der Waals surface area contributed by atoms with Crippen LogP contribution in [0.25, 0.3) is 0 Å². The summed E-state index contributed by atoms with van der Waals surface area (Å²) < 4.78 is 0. The van der Waals surface area contributed by atoms with Crippen molar-refractivity contribution in [1.82, 2.24) is 4.98 Å². The first-order valence-electron chi connectivity index (χ1n) is 4.91. The number of pyridine rings is 1. The number of benzene rings is 1. The molecule has 0 unspecified atom stereocenters. The summed E-state index contributed by atoms with van der Waals surface area (Å²) in [6.45, 7) is 0. The Bertz CT molecular complexity index is 527. The van der Waals surface area contributed by atoms with Crippen LogP contribution >= 0.6 is 23.2 Å². The van der Waals surface area contributed by atoms with E-state index in [-0.39, 0.29) is 0 Å². The van der Waals surface area contributed by atoms with Gasteiger partial charge in [0.1, 0.15) is 5.82 Å². The van der Waals surface area contributed by atoms with Crippen LogP contribution in [-0.4, -0.2) is 11.2 Å². The number of anilines is 1. The number of nitrogens with one attached hydrogen (secondary N) is 1. The van der Waals surface area contributed by atoms with Gasteiger partial charge >= 0.3 is 0 Å². The van der Waals surface area contributed by atoms with Gasteiger partial charge in [0.2, 0.25) is 0 Å². The fourth-order valence-electron chi connectivity index (χ4n) is 1.20. The molecule has 1 N–H and O–H groups in total. The molecule has 0 aliphatic carbocycles. The second kappa shape index (κ2) is 5.66. The summed E-state index contributed by atoms with van der Waals surface area (Å²) >= 11 is 11.8. The van der Waals surface area contributed by atoms with Crippen LogP contribution in [0.15, 0.2) is 47.7 Å². The predicted molar refractivity (Wildman–Crippen MR) is 71.9 cm³/mol. The van der Waals surface area contributed by atoms with Crippen LogP contribution in [0.4, 0.5) is 5.82 Å². The molecule has 86 valence electrons. The van der Waals surface area contributed by atoms with E-state index in [0.29, 0.717) is 15.9 Å². The standard InChI is InChI=1S/C12H9Cl2N3/c13-10-5-4-9(11(14)7-10)8-16-17-12-3-1-2-6-15-12/h1-8H,(H,15,17). The highest BCUT2D eigenvalue weighted by Gasteiger charge is 1.97. The van der Waals surface area contributed by atoms with E-state index in [1.165, 1.54) is 0 Å². The summed E-state index contributed by atoms with van der Waals surface area (Å²) in [5.74, 6) is 0.675. The van der Waals surface area contributed by atoms with E-state index in [1.54, 1.807) is 30.6 Å². The van der Waals surface area contributed by atoms with E-state index in [4.69, 9.17) is 23.2 Å². The topological polar surface area (TPSA) is 37.3 Å². The molecule has 5 heteroatoms. The molecular weight excluding hydrogens is 257 g/mol. The quantitative estimate of drug-likeness (QED) is 0.677. The lowest BCUT2D eigenvalue weighted by atomic mass is 10.2. The summed E-state index contributed by atoms with van der Waals surface area (Å²) in [7, 11) is 0. The Morgan fingerprint density at radius 2 is 2.06 bits per heavy atom. The fraction of sp³-hybridized carbons (Fsp3) is 0. The van der Waals surface area contributed by atoms with E-state index in [1.807, 2.05) is 18.2 Å². The average Bonchev–Trinajstić information content (AvgIpc) is 2.33. The molecule has 1 aromatic heterocycles. The first-order valence-corrected chi connectivity index (χ1v) is 5.66. The molecule has 2 rings (SSSR count). The average molecular weight is 266 g/mol. The summed E-state index contributed by atoms with van der Waals surface area (Å²) in [5, 5.41) is 5.20. The minimum Gasteiger partial charge on any atom is -0.261 e. The van der Waals surface area contributed by atoms with Gasteiger partial charge in [-0.15, -0.1) is 0 Å². The molecular formula is C12H9Cl2N3. The molecule has 0 aliphatic rings. The van der Waals surface area contributed by atoms with Crippen LogP contribution < -0.4 is 5.43 Å². The number of aromatic nitrogens is 1. The van der Waals surface area contributed by atoms with E-state index in [0.717, 1.165) is 5.56 Å². The Balaban J connectivity index is 2.06. The van der Waals surface area contributed by atoms with Crippen molar-refractivity contribution in [2.24, 2.45) is 5.10 Å². The van der Waals surface area contributed by atoms with Gasteiger partial charge in [-0.1, -0.05) is 35.3 Å². The third kappa shape index (κ3) is 3.44. The SMILES string of the molecule is Clc1ccc(C=NNc2ccccn2)c(Cl)c1. The molecule has 1 aromatic carbocycles. The molecule has 2 aromatic rings. The summed E-state index contributed by atoms with van der Waals surface area (Å²) in [6, 6.07) is 10.8. The van der Waals surface area contributed by atoms with Gasteiger partial charge in [-0.05, 0) is 24.3 Å². The van der Waals surface area contributed by atoms with Crippen LogP contribution in [0.5, 0.6) is 0 Å². The summed E-state index contributed by atoms with van der Waals surface area (Å²) in [6.07, 6.45) is 3.31. The van der Waals surface area contributed by atoms with Crippen LogP contribution in [0.2, 0.25) is 10.0 Å². The van der Waals surface area contributed by atoms with Crippen molar-refractivity contribution in [3.8, 4) is 0 Å². The molecule has 0 aliphatic heterocycles. The van der Waals surface area contributed by atoms with E-state index in [9.17, 15) is 0 Å². The van der Waals surface area contributed by atoms with Crippen molar-refractivity contribution in [2.45, 2.75) is 0 Å². The fourth-order valence-corrected chi connectivity index (χ4v) is 1.66. The van der Waals surface area contributed by atoms with Crippen molar-refractivity contribution in [2.75, 3.05) is 5.43 Å². The predicted octanol–water partition coefficient (Wildman–Crippen LogP) is 3.83. The van der Waals surface area contributed by atoms with E-state index >= 15 is 0 Å². The van der Waals surface area contributed by atoms with Gasteiger partial charge in [-0.3, -0.25) is 5.43 Å². The summed E-state index contributed by atoms with van der Waals surface area (Å²) in [5.41, 5.74) is 3.59. The van der Waals surface area contributed by atoms with Crippen molar-refractivity contribution < 1.29 is 0 Å². The molecule has 0 bridgehead atoms. The molecule has 0 saturated carbocycles. The molecule has 17 heavy (non-hydrogen) atoms. The first kappa shape index (κ1) is 11.9. The van der Waals surface area contributed by atoms with E-state index in [2.05, 4.69) is 15.5 Å². The van der Waals surface area contributed by atoms with Crippen LogP contribution in [0.1, 0.15) is 5.56 Å². The zero-order chi connectivity index (χ0) is 12.1. The smallest absolute Gasteiger partial charge is 0.146 e. The Morgan fingerprint density at radius 1 is 1.18 bits per heavy atom.